The van der Waals surface area contributed by atoms with Crippen molar-refractivity contribution in [2.24, 2.45) is 0 Å². The van der Waals surface area contributed by atoms with Crippen LogP contribution in [0.25, 0.3) is 0 Å². The fourth-order valence-corrected chi connectivity index (χ4v) is 4.05. The molecular weight excluding hydrogens is 416 g/mol. The van der Waals surface area contributed by atoms with Crippen LogP contribution in [0.5, 0.6) is 5.75 Å². The molecule has 3 N–H and O–H groups in total. The van der Waals surface area contributed by atoms with Gasteiger partial charge in [-0.3, -0.25) is 24.6 Å². The molecule has 176 valence electrons. The van der Waals surface area contributed by atoms with Gasteiger partial charge in [0.05, 0.1) is 5.69 Å². The molecule has 0 bridgehead atoms. The Labute approximate surface area is 187 Å². The highest BCUT2D eigenvalue weighted by molar-refractivity contribution is 6.02. The van der Waals surface area contributed by atoms with Gasteiger partial charge in [0.1, 0.15) is 31.0 Å². The van der Waals surface area contributed by atoms with Gasteiger partial charge in [0.15, 0.2) is 0 Å². The molecule has 2 atom stereocenters. The molecule has 0 saturated carbocycles. The number of nitrogens with one attached hydrogen (secondary N) is 1. The fourth-order valence-electron chi connectivity index (χ4n) is 4.05. The number of carboxylic acid groups (broad SMARTS) is 2. The van der Waals surface area contributed by atoms with Crippen molar-refractivity contribution in [2.75, 3.05) is 57.8 Å². The summed E-state index contributed by atoms with van der Waals surface area (Å²) in [4.78, 5) is 42.1. The Morgan fingerprint density at radius 3 is 2.56 bits per heavy atom. The van der Waals surface area contributed by atoms with E-state index in [1.807, 2.05) is 0 Å². The van der Waals surface area contributed by atoms with Crippen LogP contribution in [0.3, 0.4) is 0 Å². The topological polar surface area (TPSA) is 123 Å². The number of ether oxygens (including phenoxy) is 1. The van der Waals surface area contributed by atoms with Crippen LogP contribution in [-0.2, 0) is 14.4 Å². The van der Waals surface area contributed by atoms with Gasteiger partial charge in [0.2, 0.25) is 5.91 Å². The number of piperazine rings is 1. The molecule has 0 radical (unpaired) electrons. The Morgan fingerprint density at radius 1 is 1.16 bits per heavy atom. The molecule has 10 nitrogen and oxygen atoms in total. The van der Waals surface area contributed by atoms with E-state index in [-0.39, 0.29) is 6.61 Å². The third-order valence-electron chi connectivity index (χ3n) is 5.93. The van der Waals surface area contributed by atoms with Crippen molar-refractivity contribution < 1.29 is 29.3 Å². The van der Waals surface area contributed by atoms with Crippen molar-refractivity contribution in [3.8, 4) is 5.75 Å². The van der Waals surface area contributed by atoms with Gasteiger partial charge in [0, 0.05) is 26.2 Å². The van der Waals surface area contributed by atoms with Crippen LogP contribution in [0, 0.1) is 0 Å². The van der Waals surface area contributed by atoms with Crippen LogP contribution in [0.2, 0.25) is 0 Å². The van der Waals surface area contributed by atoms with E-state index >= 15 is 0 Å². The summed E-state index contributed by atoms with van der Waals surface area (Å²) in [7, 11) is 2.11. The standard InChI is InChI=1S/C22H32N4O6/c1-24-10-12-25(13-11-24)9-5-4-6-16(22(30)31)23-17-15-32-19-8-3-2-7-18(19)26(21(17)29)14-20(27)28/h2-3,7-8,16-17,23H,4-6,9-15H2,1H3,(H,27,28)(H,30,31)/t16?,17-/m0/s1. The Morgan fingerprint density at radius 2 is 1.88 bits per heavy atom. The largest absolute Gasteiger partial charge is 0.489 e. The summed E-state index contributed by atoms with van der Waals surface area (Å²) in [5, 5.41) is 21.8. The van der Waals surface area contributed by atoms with Crippen LogP contribution < -0.4 is 15.0 Å². The second-order valence-electron chi connectivity index (χ2n) is 8.35. The first kappa shape index (κ1) is 24.0. The normalized spacial score (nSPS) is 20.8. The van der Waals surface area contributed by atoms with Gasteiger partial charge in [-0.15, -0.1) is 0 Å². The summed E-state index contributed by atoms with van der Waals surface area (Å²) in [5.41, 5.74) is 0.364. The average molecular weight is 449 g/mol. The maximum atomic E-state index is 13.1. The number of hydrogen-bond acceptors (Lipinski definition) is 7. The van der Waals surface area contributed by atoms with Crippen molar-refractivity contribution >= 4 is 23.5 Å². The van der Waals surface area contributed by atoms with E-state index in [0.29, 0.717) is 24.3 Å². The van der Waals surface area contributed by atoms with Crippen molar-refractivity contribution in [3.05, 3.63) is 24.3 Å². The van der Waals surface area contributed by atoms with E-state index < -0.39 is 36.5 Å². The van der Waals surface area contributed by atoms with E-state index in [2.05, 4.69) is 22.2 Å². The van der Waals surface area contributed by atoms with Crippen LogP contribution >= 0.6 is 0 Å². The van der Waals surface area contributed by atoms with Crippen LogP contribution in [0.4, 0.5) is 5.69 Å². The number of fused-ring (bicyclic) bond motifs is 1. The lowest BCUT2D eigenvalue weighted by molar-refractivity contribution is -0.141. The molecule has 2 heterocycles. The number of carboxylic acids is 2. The number of likely N-dealkylation sites (N-methyl/N-ethyl adjacent to an activating group) is 1. The molecule has 3 rings (SSSR count). The Bertz CT molecular complexity index is 811. The molecular formula is C22H32N4O6. The number of benzene rings is 1. The number of carbonyl (C=O) groups is 3. The minimum Gasteiger partial charge on any atom is -0.489 e. The first-order chi connectivity index (χ1) is 15.3. The van der Waals surface area contributed by atoms with Gasteiger partial charge in [-0.1, -0.05) is 18.6 Å². The van der Waals surface area contributed by atoms with Crippen molar-refractivity contribution in [1.29, 1.82) is 0 Å². The quantitative estimate of drug-likeness (QED) is 0.435. The summed E-state index contributed by atoms with van der Waals surface area (Å²) < 4.78 is 5.72. The molecule has 1 saturated heterocycles. The Kier molecular flexibility index (Phi) is 8.43. The average Bonchev–Trinajstić information content (AvgIpc) is 2.88. The lowest BCUT2D eigenvalue weighted by atomic mass is 10.1. The van der Waals surface area contributed by atoms with Gasteiger partial charge in [-0.05, 0) is 38.6 Å². The number of anilines is 1. The van der Waals surface area contributed by atoms with Gasteiger partial charge >= 0.3 is 11.9 Å². The maximum Gasteiger partial charge on any atom is 0.323 e. The SMILES string of the molecule is CN1CCN(CCCCC(N[C@H]2COc3ccccc3N(CC(=O)O)C2=O)C(=O)O)CC1. The third-order valence-corrected chi connectivity index (χ3v) is 5.93. The number of para-hydroxylation sites is 2. The van der Waals surface area contributed by atoms with Crippen molar-refractivity contribution in [3.63, 3.8) is 0 Å². The zero-order valence-corrected chi connectivity index (χ0v) is 18.4. The molecule has 1 aromatic rings. The second kappa shape index (κ2) is 11.3. The van der Waals surface area contributed by atoms with Gasteiger partial charge in [0.25, 0.3) is 0 Å². The van der Waals surface area contributed by atoms with E-state index in [9.17, 15) is 24.6 Å². The zero-order chi connectivity index (χ0) is 23.1. The summed E-state index contributed by atoms with van der Waals surface area (Å²) >= 11 is 0. The second-order valence-corrected chi connectivity index (χ2v) is 8.35. The van der Waals surface area contributed by atoms with Crippen LogP contribution in [0.1, 0.15) is 19.3 Å². The molecule has 0 spiro atoms. The number of rotatable bonds is 10. The van der Waals surface area contributed by atoms with Crippen LogP contribution in [0.15, 0.2) is 24.3 Å². The molecule has 1 amide bonds. The third kappa shape index (κ3) is 6.41. The molecule has 1 fully saturated rings. The van der Waals surface area contributed by atoms with Crippen LogP contribution in [-0.4, -0.2) is 103 Å². The molecule has 2 aliphatic heterocycles. The minimum absolute atomic E-state index is 0.0724. The number of amides is 1. The highest BCUT2D eigenvalue weighted by atomic mass is 16.5. The highest BCUT2D eigenvalue weighted by Crippen LogP contribution is 2.31. The van der Waals surface area contributed by atoms with E-state index in [1.54, 1.807) is 24.3 Å². The highest BCUT2D eigenvalue weighted by Gasteiger charge is 2.35. The predicted molar refractivity (Wildman–Crippen MR) is 118 cm³/mol. The first-order valence-electron chi connectivity index (χ1n) is 11.0. The molecule has 1 aromatic carbocycles. The smallest absolute Gasteiger partial charge is 0.323 e. The molecule has 10 heteroatoms. The zero-order valence-electron chi connectivity index (χ0n) is 18.4. The Hall–Kier alpha value is -2.69. The van der Waals surface area contributed by atoms with Crippen molar-refractivity contribution in [2.45, 2.75) is 31.3 Å². The molecule has 0 aromatic heterocycles. The predicted octanol–water partition coefficient (Wildman–Crippen LogP) is 0.326. The summed E-state index contributed by atoms with van der Waals surface area (Å²) in [5.74, 6) is -2.32. The minimum atomic E-state index is -1.16. The summed E-state index contributed by atoms with van der Waals surface area (Å²) in [6.45, 7) is 4.44. The monoisotopic (exact) mass is 448 g/mol. The molecule has 1 unspecified atom stereocenters. The van der Waals surface area contributed by atoms with Gasteiger partial charge < -0.3 is 24.7 Å². The van der Waals surface area contributed by atoms with E-state index in [0.717, 1.165) is 44.0 Å². The number of aliphatic carboxylic acids is 2. The summed E-state index contributed by atoms with van der Waals surface area (Å²) in [6, 6.07) is 4.82. The van der Waals surface area contributed by atoms with E-state index in [4.69, 9.17) is 4.74 Å². The van der Waals surface area contributed by atoms with Gasteiger partial charge in [-0.25, -0.2) is 0 Å². The fraction of sp³-hybridized carbons (Fsp3) is 0.591. The number of nitrogens with zero attached hydrogens (tertiary/aromatic N) is 3. The number of unbranched alkanes of at least 4 members (excludes halogenated alkanes) is 1. The number of hydrogen-bond donors (Lipinski definition) is 3. The maximum absolute atomic E-state index is 13.1. The lowest BCUT2D eigenvalue weighted by Crippen LogP contribution is -2.54. The van der Waals surface area contributed by atoms with Crippen molar-refractivity contribution in [1.82, 2.24) is 15.1 Å². The van der Waals surface area contributed by atoms with E-state index in [1.165, 1.54) is 0 Å². The molecule has 32 heavy (non-hydrogen) atoms. The summed E-state index contributed by atoms with van der Waals surface area (Å²) in [6.07, 6.45) is 1.96. The molecule has 2 aliphatic rings. The number of carbonyl (C=O) groups excluding carboxylic acids is 1. The Balaban J connectivity index is 1.58. The molecule has 0 aliphatic carbocycles. The lowest BCUT2D eigenvalue weighted by Gasteiger charge is -2.32. The van der Waals surface area contributed by atoms with Gasteiger partial charge in [-0.2, -0.15) is 0 Å². The first-order valence-corrected chi connectivity index (χ1v) is 11.0.